The summed E-state index contributed by atoms with van der Waals surface area (Å²) in [6, 6.07) is 7.75. The highest BCUT2D eigenvalue weighted by Gasteiger charge is 2.48. The Hall–Kier alpha value is -3.61. The van der Waals surface area contributed by atoms with Gasteiger partial charge >= 0.3 is 21.7 Å². The molecule has 0 atom stereocenters. The minimum atomic E-state index is -6.03. The topological polar surface area (TPSA) is 106 Å². The van der Waals surface area contributed by atoms with E-state index in [1.807, 2.05) is 0 Å². The lowest BCUT2D eigenvalue weighted by molar-refractivity contribution is -0.0500. The maximum Gasteiger partial charge on any atom is 0.534 e. The van der Waals surface area contributed by atoms with Gasteiger partial charge in [-0.1, -0.05) is 26.0 Å². The van der Waals surface area contributed by atoms with Gasteiger partial charge in [0, 0.05) is 29.9 Å². The van der Waals surface area contributed by atoms with Gasteiger partial charge in [-0.2, -0.15) is 21.6 Å². The Morgan fingerprint density at radius 1 is 1.14 bits per heavy atom. The van der Waals surface area contributed by atoms with Crippen LogP contribution in [0.1, 0.15) is 13.8 Å². The van der Waals surface area contributed by atoms with Gasteiger partial charge in [0.2, 0.25) is 0 Å². The number of hydrogen-bond donors (Lipinski definition) is 1. The molecule has 0 saturated carbocycles. The van der Waals surface area contributed by atoms with Gasteiger partial charge in [-0.25, -0.2) is 9.18 Å². The summed E-state index contributed by atoms with van der Waals surface area (Å²) in [5, 5.41) is 9.50. The molecule has 1 aromatic heterocycles. The second kappa shape index (κ2) is 9.21. The third-order valence-electron chi connectivity index (χ3n) is 4.97. The predicted molar refractivity (Wildman–Crippen MR) is 120 cm³/mol. The van der Waals surface area contributed by atoms with Crippen molar-refractivity contribution < 1.29 is 40.1 Å². The monoisotopic (exact) mass is 516 g/mol. The molecule has 0 aliphatic heterocycles. The molecule has 0 aliphatic carbocycles. The van der Waals surface area contributed by atoms with Gasteiger partial charge in [-0.05, 0) is 41.8 Å². The molecular weight excluding hydrogens is 496 g/mol. The molecule has 0 radical (unpaired) electrons. The van der Waals surface area contributed by atoms with Crippen LogP contribution >= 0.6 is 0 Å². The van der Waals surface area contributed by atoms with Crippen LogP contribution in [-0.4, -0.2) is 36.7 Å². The zero-order valence-electron chi connectivity index (χ0n) is 18.6. The average Bonchev–Trinajstić information content (AvgIpc) is 2.73. The van der Waals surface area contributed by atoms with Crippen LogP contribution in [0.4, 0.5) is 28.2 Å². The van der Waals surface area contributed by atoms with Crippen LogP contribution in [0.3, 0.4) is 0 Å². The molecule has 0 unspecified atom stereocenters. The summed E-state index contributed by atoms with van der Waals surface area (Å²) in [7, 11) is -4.88. The van der Waals surface area contributed by atoms with E-state index in [-0.39, 0.29) is 40.2 Å². The summed E-state index contributed by atoms with van der Waals surface area (Å²) in [6.07, 6.45) is -1.47. The quantitative estimate of drug-likeness (QED) is 0.287. The number of aromatic nitrogens is 1. The van der Waals surface area contributed by atoms with Crippen molar-refractivity contribution in [1.29, 1.82) is 0 Å². The fourth-order valence-electron chi connectivity index (χ4n) is 3.54. The first-order valence-electron chi connectivity index (χ1n) is 10.1. The number of rotatable bonds is 6. The van der Waals surface area contributed by atoms with E-state index in [0.717, 1.165) is 42.3 Å². The van der Waals surface area contributed by atoms with Crippen LogP contribution in [0, 0.1) is 11.7 Å². The van der Waals surface area contributed by atoms with Crippen molar-refractivity contribution in [1.82, 2.24) is 4.57 Å². The van der Waals surface area contributed by atoms with Gasteiger partial charge in [-0.3, -0.25) is 14.3 Å². The molecule has 0 fully saturated rings. The summed E-state index contributed by atoms with van der Waals surface area (Å²) in [4.78, 5) is 26.0. The molecule has 13 heteroatoms. The Morgan fingerprint density at radius 2 is 1.80 bits per heavy atom. The highest BCUT2D eigenvalue weighted by Crippen LogP contribution is 2.39. The molecule has 3 rings (SSSR count). The van der Waals surface area contributed by atoms with Crippen molar-refractivity contribution >= 4 is 32.8 Å². The highest BCUT2D eigenvalue weighted by molar-refractivity contribution is 7.88. The number of carbonyl (C=O) groups is 1. The fraction of sp³-hybridized carbons (Fsp3) is 0.273. The molecule has 0 saturated heterocycles. The third kappa shape index (κ3) is 5.09. The molecule has 1 heterocycles. The Labute approximate surface area is 197 Å². The van der Waals surface area contributed by atoms with E-state index >= 15 is 0 Å². The number of fused-ring (bicyclic) bond motifs is 1. The molecule has 1 amide bonds. The van der Waals surface area contributed by atoms with Crippen molar-refractivity contribution in [2.24, 2.45) is 5.92 Å². The van der Waals surface area contributed by atoms with Crippen LogP contribution in [0.25, 0.3) is 21.9 Å². The molecular formula is C22H20F4N2O6S. The zero-order chi connectivity index (χ0) is 26.3. The first kappa shape index (κ1) is 26.0. The van der Waals surface area contributed by atoms with Crippen molar-refractivity contribution in [3.63, 3.8) is 0 Å². The molecule has 8 nitrogen and oxygen atoms in total. The van der Waals surface area contributed by atoms with Crippen molar-refractivity contribution in [2.45, 2.75) is 25.9 Å². The maximum atomic E-state index is 14.1. The van der Waals surface area contributed by atoms with Gasteiger partial charge in [0.25, 0.3) is 5.56 Å². The fourth-order valence-corrected chi connectivity index (χ4v) is 3.99. The first-order chi connectivity index (χ1) is 16.1. The third-order valence-corrected chi connectivity index (χ3v) is 5.95. The molecule has 0 aliphatic rings. The SMILES string of the molecule is CC(C)Cn1c(N(C)C(=O)O)c(-c2cccc(F)c2)c2cc(OS(=O)(=O)C(F)(F)F)ccc2c1=O. The van der Waals surface area contributed by atoms with E-state index in [2.05, 4.69) is 4.18 Å². The lowest BCUT2D eigenvalue weighted by Gasteiger charge is -2.26. The number of hydrogen-bond acceptors (Lipinski definition) is 5. The molecule has 1 N–H and O–H groups in total. The predicted octanol–water partition coefficient (Wildman–Crippen LogP) is 4.81. The normalized spacial score (nSPS) is 12.2. The van der Waals surface area contributed by atoms with Crippen LogP contribution in [0.5, 0.6) is 5.75 Å². The molecule has 0 spiro atoms. The Balaban J connectivity index is 2.49. The molecule has 0 bridgehead atoms. The molecule has 3 aromatic rings. The second-order valence-corrected chi connectivity index (χ2v) is 9.59. The van der Waals surface area contributed by atoms with Gasteiger partial charge in [-0.15, -0.1) is 0 Å². The van der Waals surface area contributed by atoms with Crippen molar-refractivity contribution in [3.05, 3.63) is 58.6 Å². The number of benzene rings is 2. The van der Waals surface area contributed by atoms with E-state index in [9.17, 15) is 40.7 Å². The lowest BCUT2D eigenvalue weighted by Crippen LogP contribution is -2.34. The van der Waals surface area contributed by atoms with Crippen LogP contribution in [0.15, 0.2) is 47.3 Å². The first-order valence-corrected chi connectivity index (χ1v) is 11.5. The smallest absolute Gasteiger partial charge is 0.465 e. The zero-order valence-corrected chi connectivity index (χ0v) is 19.4. The standard InChI is InChI=1S/C22H20F4N2O6S/c1-12(2)11-28-19(27(3)21(30)31)18(13-5-4-6-14(23)9-13)17-10-15(7-8-16(17)20(28)29)34-35(32,33)22(24,25)26/h4-10,12H,11H2,1-3H3,(H,30,31). The number of anilines is 1. The van der Waals surface area contributed by atoms with Crippen LogP contribution < -0.4 is 14.6 Å². The van der Waals surface area contributed by atoms with Crippen molar-refractivity contribution in [2.75, 3.05) is 11.9 Å². The lowest BCUT2D eigenvalue weighted by atomic mass is 9.98. The number of halogens is 4. The number of alkyl halides is 3. The summed E-state index contributed by atoms with van der Waals surface area (Å²) in [6.45, 7) is 3.62. The van der Waals surface area contributed by atoms with Crippen LogP contribution in [0.2, 0.25) is 0 Å². The van der Waals surface area contributed by atoms with Gasteiger partial charge in [0.05, 0.1) is 0 Å². The number of carboxylic acid groups (broad SMARTS) is 1. The average molecular weight is 516 g/mol. The van der Waals surface area contributed by atoms with Gasteiger partial charge < -0.3 is 9.29 Å². The number of nitrogens with zero attached hydrogens (tertiary/aromatic N) is 2. The Bertz CT molecular complexity index is 1470. The molecule has 35 heavy (non-hydrogen) atoms. The molecule has 188 valence electrons. The van der Waals surface area contributed by atoms with E-state index in [1.165, 1.54) is 16.7 Å². The van der Waals surface area contributed by atoms with Gasteiger partial charge in [0.1, 0.15) is 17.4 Å². The Kier molecular flexibility index (Phi) is 6.84. The second-order valence-electron chi connectivity index (χ2n) is 8.05. The summed E-state index contributed by atoms with van der Waals surface area (Å²) >= 11 is 0. The largest absolute Gasteiger partial charge is 0.534 e. The van der Waals surface area contributed by atoms with E-state index in [4.69, 9.17) is 0 Å². The van der Waals surface area contributed by atoms with E-state index in [1.54, 1.807) is 13.8 Å². The van der Waals surface area contributed by atoms with Gasteiger partial charge in [0.15, 0.2) is 0 Å². The molecule has 2 aromatic carbocycles. The minimum Gasteiger partial charge on any atom is -0.465 e. The van der Waals surface area contributed by atoms with E-state index < -0.39 is 38.8 Å². The van der Waals surface area contributed by atoms with Crippen LogP contribution in [-0.2, 0) is 16.7 Å². The highest BCUT2D eigenvalue weighted by atomic mass is 32.2. The maximum absolute atomic E-state index is 14.1. The van der Waals surface area contributed by atoms with Crippen molar-refractivity contribution in [3.8, 4) is 16.9 Å². The summed E-state index contributed by atoms with van der Waals surface area (Å²) < 4.78 is 81.1. The summed E-state index contributed by atoms with van der Waals surface area (Å²) in [5.41, 5.74) is -6.30. The Morgan fingerprint density at radius 3 is 2.34 bits per heavy atom. The number of amides is 1. The van der Waals surface area contributed by atoms with E-state index in [0.29, 0.717) is 0 Å². The minimum absolute atomic E-state index is 0.0143. The number of pyridine rings is 1. The summed E-state index contributed by atoms with van der Waals surface area (Å²) in [5.74, 6) is -1.78.